The lowest BCUT2D eigenvalue weighted by molar-refractivity contribution is 0.0568. The molecule has 0 bridgehead atoms. The van der Waals surface area contributed by atoms with Gasteiger partial charge in [-0.2, -0.15) is 0 Å². The molecule has 14 heavy (non-hydrogen) atoms. The molecule has 1 saturated carbocycles. The van der Waals surface area contributed by atoms with Gasteiger partial charge < -0.3 is 9.67 Å². The SMILES string of the molecule is Cc1nccn1C1CC(C)CCC1O. The zero-order chi connectivity index (χ0) is 10.1. The maximum atomic E-state index is 9.93. The normalized spacial score (nSPS) is 33.2. The van der Waals surface area contributed by atoms with E-state index in [1.807, 2.05) is 13.1 Å². The predicted molar refractivity (Wildman–Crippen MR) is 55.0 cm³/mol. The van der Waals surface area contributed by atoms with Crippen LogP contribution in [-0.2, 0) is 0 Å². The van der Waals surface area contributed by atoms with Gasteiger partial charge in [0.05, 0.1) is 12.1 Å². The molecule has 1 fully saturated rings. The fraction of sp³-hybridized carbons (Fsp3) is 0.727. The quantitative estimate of drug-likeness (QED) is 0.741. The van der Waals surface area contributed by atoms with Gasteiger partial charge in [0.15, 0.2) is 0 Å². The molecule has 3 nitrogen and oxygen atoms in total. The van der Waals surface area contributed by atoms with E-state index in [0.717, 1.165) is 25.1 Å². The number of aryl methyl sites for hydroxylation is 1. The summed E-state index contributed by atoms with van der Waals surface area (Å²) in [6, 6.07) is 0.237. The van der Waals surface area contributed by atoms with Crippen LogP contribution in [0.3, 0.4) is 0 Å². The molecule has 0 radical (unpaired) electrons. The largest absolute Gasteiger partial charge is 0.391 e. The van der Waals surface area contributed by atoms with Crippen LogP contribution < -0.4 is 0 Å². The number of imidazole rings is 1. The molecule has 1 aliphatic carbocycles. The summed E-state index contributed by atoms with van der Waals surface area (Å²) in [4.78, 5) is 4.20. The first-order valence-electron chi connectivity index (χ1n) is 5.36. The Labute approximate surface area is 84.8 Å². The lowest BCUT2D eigenvalue weighted by Crippen LogP contribution is -2.30. The van der Waals surface area contributed by atoms with Crippen LogP contribution in [0.4, 0.5) is 0 Å². The average molecular weight is 194 g/mol. The Hall–Kier alpha value is -0.830. The summed E-state index contributed by atoms with van der Waals surface area (Å²) in [5.41, 5.74) is 0. The van der Waals surface area contributed by atoms with Crippen molar-refractivity contribution in [1.29, 1.82) is 0 Å². The molecule has 1 N–H and O–H groups in total. The van der Waals surface area contributed by atoms with Crippen LogP contribution in [0, 0.1) is 12.8 Å². The van der Waals surface area contributed by atoms with Crippen molar-refractivity contribution in [2.45, 2.75) is 45.3 Å². The van der Waals surface area contributed by atoms with E-state index < -0.39 is 0 Å². The van der Waals surface area contributed by atoms with Crippen molar-refractivity contribution in [3.05, 3.63) is 18.2 Å². The van der Waals surface area contributed by atoms with Crippen LogP contribution >= 0.6 is 0 Å². The Morgan fingerprint density at radius 1 is 1.50 bits per heavy atom. The maximum absolute atomic E-state index is 9.93. The first kappa shape index (κ1) is 9.71. The van der Waals surface area contributed by atoms with Crippen molar-refractivity contribution in [3.63, 3.8) is 0 Å². The van der Waals surface area contributed by atoms with E-state index in [2.05, 4.69) is 16.5 Å². The van der Waals surface area contributed by atoms with Gasteiger partial charge in [-0.25, -0.2) is 4.98 Å². The third-order valence-corrected chi connectivity index (χ3v) is 3.26. The monoisotopic (exact) mass is 194 g/mol. The fourth-order valence-electron chi connectivity index (χ4n) is 2.37. The summed E-state index contributed by atoms with van der Waals surface area (Å²) in [6.07, 6.45) is 6.72. The number of nitrogens with zero attached hydrogens (tertiary/aromatic N) is 2. The number of hydrogen-bond acceptors (Lipinski definition) is 2. The molecule has 1 aliphatic rings. The second-order valence-electron chi connectivity index (χ2n) is 4.43. The topological polar surface area (TPSA) is 38.0 Å². The Kier molecular flexibility index (Phi) is 2.59. The van der Waals surface area contributed by atoms with Crippen molar-refractivity contribution in [3.8, 4) is 0 Å². The highest BCUT2D eigenvalue weighted by molar-refractivity contribution is 4.96. The fourth-order valence-corrected chi connectivity index (χ4v) is 2.37. The van der Waals surface area contributed by atoms with Gasteiger partial charge >= 0.3 is 0 Å². The zero-order valence-electron chi connectivity index (χ0n) is 8.85. The molecule has 0 spiro atoms. The van der Waals surface area contributed by atoms with Gasteiger partial charge in [0.2, 0.25) is 0 Å². The number of aromatic nitrogens is 2. The van der Waals surface area contributed by atoms with E-state index in [1.165, 1.54) is 0 Å². The molecule has 0 saturated heterocycles. The van der Waals surface area contributed by atoms with Gasteiger partial charge in [0.1, 0.15) is 5.82 Å². The molecule has 3 heteroatoms. The highest BCUT2D eigenvalue weighted by atomic mass is 16.3. The molecular formula is C11H18N2O. The van der Waals surface area contributed by atoms with Gasteiger partial charge in [-0.3, -0.25) is 0 Å². The summed E-state index contributed by atoms with van der Waals surface area (Å²) in [6.45, 7) is 4.25. The molecule has 0 amide bonds. The van der Waals surface area contributed by atoms with Crippen LogP contribution in [-0.4, -0.2) is 20.8 Å². The number of aliphatic hydroxyl groups is 1. The summed E-state index contributed by atoms with van der Waals surface area (Å²) >= 11 is 0. The lowest BCUT2D eigenvalue weighted by Gasteiger charge is -2.33. The second kappa shape index (κ2) is 3.73. The van der Waals surface area contributed by atoms with Crippen molar-refractivity contribution < 1.29 is 5.11 Å². The van der Waals surface area contributed by atoms with Crippen LogP contribution in [0.15, 0.2) is 12.4 Å². The minimum atomic E-state index is -0.195. The number of aliphatic hydroxyl groups excluding tert-OH is 1. The first-order chi connectivity index (χ1) is 6.68. The zero-order valence-corrected chi connectivity index (χ0v) is 8.85. The summed E-state index contributed by atoms with van der Waals surface area (Å²) in [5, 5.41) is 9.93. The van der Waals surface area contributed by atoms with E-state index in [4.69, 9.17) is 0 Å². The minimum Gasteiger partial charge on any atom is -0.391 e. The van der Waals surface area contributed by atoms with Crippen LogP contribution in [0.5, 0.6) is 0 Å². The Balaban J connectivity index is 2.20. The van der Waals surface area contributed by atoms with Crippen LogP contribution in [0.1, 0.15) is 38.1 Å². The highest BCUT2D eigenvalue weighted by Crippen LogP contribution is 2.32. The third kappa shape index (κ3) is 1.69. The van der Waals surface area contributed by atoms with E-state index in [9.17, 15) is 5.11 Å². The van der Waals surface area contributed by atoms with Gasteiger partial charge in [0.25, 0.3) is 0 Å². The van der Waals surface area contributed by atoms with Crippen molar-refractivity contribution in [2.24, 2.45) is 5.92 Å². The standard InChI is InChI=1S/C11H18N2O/c1-8-3-4-11(14)10(7-8)13-6-5-12-9(13)2/h5-6,8,10-11,14H,3-4,7H2,1-2H3. The highest BCUT2D eigenvalue weighted by Gasteiger charge is 2.28. The molecule has 78 valence electrons. The molecular weight excluding hydrogens is 176 g/mol. The lowest BCUT2D eigenvalue weighted by atomic mass is 9.85. The third-order valence-electron chi connectivity index (χ3n) is 3.26. The molecule has 1 heterocycles. The molecule has 2 rings (SSSR count). The van der Waals surface area contributed by atoms with Gasteiger partial charge in [-0.15, -0.1) is 0 Å². The Morgan fingerprint density at radius 2 is 2.29 bits per heavy atom. The molecule has 1 aromatic rings. The second-order valence-corrected chi connectivity index (χ2v) is 4.43. The van der Waals surface area contributed by atoms with E-state index in [1.54, 1.807) is 6.20 Å². The van der Waals surface area contributed by atoms with E-state index >= 15 is 0 Å². The van der Waals surface area contributed by atoms with Crippen molar-refractivity contribution >= 4 is 0 Å². The van der Waals surface area contributed by atoms with E-state index in [-0.39, 0.29) is 12.1 Å². The minimum absolute atomic E-state index is 0.195. The molecule has 3 atom stereocenters. The average Bonchev–Trinajstić information content (AvgIpc) is 2.56. The van der Waals surface area contributed by atoms with E-state index in [0.29, 0.717) is 5.92 Å². The summed E-state index contributed by atoms with van der Waals surface area (Å²) in [5.74, 6) is 1.72. The van der Waals surface area contributed by atoms with Gasteiger partial charge in [0, 0.05) is 12.4 Å². The van der Waals surface area contributed by atoms with Crippen molar-refractivity contribution in [1.82, 2.24) is 9.55 Å². The molecule has 1 aromatic heterocycles. The van der Waals surface area contributed by atoms with Gasteiger partial charge in [-0.1, -0.05) is 6.92 Å². The van der Waals surface area contributed by atoms with Crippen LogP contribution in [0.2, 0.25) is 0 Å². The number of hydrogen-bond donors (Lipinski definition) is 1. The smallest absolute Gasteiger partial charge is 0.105 e. The molecule has 0 aromatic carbocycles. The predicted octanol–water partition coefficient (Wildman–Crippen LogP) is 1.91. The Bertz CT molecular complexity index is 308. The molecule has 0 aliphatic heterocycles. The maximum Gasteiger partial charge on any atom is 0.105 e. The summed E-state index contributed by atoms with van der Waals surface area (Å²) < 4.78 is 2.11. The summed E-state index contributed by atoms with van der Waals surface area (Å²) in [7, 11) is 0. The van der Waals surface area contributed by atoms with Crippen molar-refractivity contribution in [2.75, 3.05) is 0 Å². The van der Waals surface area contributed by atoms with Gasteiger partial charge in [-0.05, 0) is 32.1 Å². The molecule has 3 unspecified atom stereocenters. The van der Waals surface area contributed by atoms with Crippen LogP contribution in [0.25, 0.3) is 0 Å². The first-order valence-corrected chi connectivity index (χ1v) is 5.36. The Morgan fingerprint density at radius 3 is 2.93 bits per heavy atom. The number of rotatable bonds is 1.